The second-order valence-corrected chi connectivity index (χ2v) is 8.32. The molecule has 2 N–H and O–H groups in total. The van der Waals surface area contributed by atoms with Crippen molar-refractivity contribution < 1.29 is 8.42 Å². The van der Waals surface area contributed by atoms with Gasteiger partial charge in [0, 0.05) is 17.0 Å². The lowest BCUT2D eigenvalue weighted by molar-refractivity contribution is 0.418. The van der Waals surface area contributed by atoms with Crippen molar-refractivity contribution in [3.05, 3.63) is 17.0 Å². The van der Waals surface area contributed by atoms with Crippen molar-refractivity contribution >= 4 is 21.4 Å². The molecule has 0 aliphatic rings. The van der Waals surface area contributed by atoms with Gasteiger partial charge in [-0.1, -0.05) is 20.3 Å². The van der Waals surface area contributed by atoms with E-state index >= 15 is 0 Å². The molecule has 0 unspecified atom stereocenters. The quantitative estimate of drug-likeness (QED) is 0.776. The molecule has 6 heteroatoms. The Morgan fingerprint density at radius 1 is 1.26 bits per heavy atom. The van der Waals surface area contributed by atoms with E-state index in [1.165, 1.54) is 11.3 Å². The highest BCUT2D eigenvalue weighted by Gasteiger charge is 2.26. The maximum absolute atomic E-state index is 12.3. The fraction of sp³-hybridized carbons (Fsp3) is 0.692. The number of hydrogen-bond donors (Lipinski definition) is 2. The molecule has 110 valence electrons. The monoisotopic (exact) mass is 304 g/mol. The molecule has 0 spiro atoms. The summed E-state index contributed by atoms with van der Waals surface area (Å²) in [5.74, 6) is 0. The summed E-state index contributed by atoms with van der Waals surface area (Å²) >= 11 is 1.33. The summed E-state index contributed by atoms with van der Waals surface area (Å²) in [6.45, 7) is 9.51. The van der Waals surface area contributed by atoms with Gasteiger partial charge in [-0.05, 0) is 38.9 Å². The summed E-state index contributed by atoms with van der Waals surface area (Å²) in [4.78, 5) is 1.04. The standard InChI is InChI=1S/C13H24N2O2S2/c1-5-9-13(3,4)15-19(16,17)12-8-7-11(18-12)10-14-6-2/h7-8,14-15H,5-6,9-10H2,1-4H3. The fourth-order valence-electron chi connectivity index (χ4n) is 1.94. The van der Waals surface area contributed by atoms with Crippen LogP contribution in [0, 0.1) is 0 Å². The summed E-state index contributed by atoms with van der Waals surface area (Å²) < 4.78 is 27.8. The van der Waals surface area contributed by atoms with Crippen LogP contribution >= 0.6 is 11.3 Å². The van der Waals surface area contributed by atoms with Crippen molar-refractivity contribution in [2.45, 2.75) is 56.8 Å². The molecule has 1 rings (SSSR count). The van der Waals surface area contributed by atoms with Gasteiger partial charge in [-0.3, -0.25) is 0 Å². The number of rotatable bonds is 8. The first-order valence-corrected chi connectivity index (χ1v) is 8.94. The normalized spacial score (nSPS) is 12.8. The van der Waals surface area contributed by atoms with Gasteiger partial charge in [0.2, 0.25) is 0 Å². The highest BCUT2D eigenvalue weighted by Crippen LogP contribution is 2.24. The van der Waals surface area contributed by atoms with Crippen LogP contribution in [-0.4, -0.2) is 20.5 Å². The third kappa shape index (κ3) is 5.22. The lowest BCUT2D eigenvalue weighted by Gasteiger charge is -2.24. The minimum absolute atomic E-state index is 0.393. The predicted molar refractivity (Wildman–Crippen MR) is 81.0 cm³/mol. The fourth-order valence-corrected chi connectivity index (χ4v) is 4.70. The predicted octanol–water partition coefficient (Wildman–Crippen LogP) is 2.71. The van der Waals surface area contributed by atoms with Crippen LogP contribution in [0.4, 0.5) is 0 Å². The molecule has 0 saturated heterocycles. The lowest BCUT2D eigenvalue weighted by Crippen LogP contribution is -2.42. The Labute approximate surface area is 120 Å². The zero-order valence-corrected chi connectivity index (χ0v) is 13.7. The third-order valence-corrected chi connectivity index (χ3v) is 6.01. The van der Waals surface area contributed by atoms with Gasteiger partial charge < -0.3 is 5.32 Å². The largest absolute Gasteiger partial charge is 0.312 e. The summed E-state index contributed by atoms with van der Waals surface area (Å²) in [5.41, 5.74) is -0.403. The molecule has 1 aromatic rings. The maximum Gasteiger partial charge on any atom is 0.250 e. The van der Waals surface area contributed by atoms with Crippen LogP contribution in [0.5, 0.6) is 0 Å². The molecular formula is C13H24N2O2S2. The molecule has 4 nitrogen and oxygen atoms in total. The molecule has 0 amide bonds. The highest BCUT2D eigenvalue weighted by atomic mass is 32.2. The van der Waals surface area contributed by atoms with Crippen LogP contribution in [0.25, 0.3) is 0 Å². The highest BCUT2D eigenvalue weighted by molar-refractivity contribution is 7.91. The average Bonchev–Trinajstić information content (AvgIpc) is 2.73. The van der Waals surface area contributed by atoms with E-state index in [-0.39, 0.29) is 0 Å². The Morgan fingerprint density at radius 3 is 2.53 bits per heavy atom. The average molecular weight is 304 g/mol. The van der Waals surface area contributed by atoms with Crippen molar-refractivity contribution in [1.82, 2.24) is 10.0 Å². The lowest BCUT2D eigenvalue weighted by atomic mass is 10.0. The van der Waals surface area contributed by atoms with E-state index in [4.69, 9.17) is 0 Å². The SMILES string of the molecule is CCCC(C)(C)NS(=O)(=O)c1ccc(CNCC)s1. The first-order chi connectivity index (χ1) is 8.80. The molecule has 1 aromatic heterocycles. The van der Waals surface area contributed by atoms with Crippen molar-refractivity contribution in [2.75, 3.05) is 6.54 Å². The van der Waals surface area contributed by atoms with E-state index < -0.39 is 15.6 Å². The Bertz CT molecular complexity index is 492. The molecule has 0 bridgehead atoms. The van der Waals surface area contributed by atoms with Crippen molar-refractivity contribution in [2.24, 2.45) is 0 Å². The Hall–Kier alpha value is -0.430. The molecule has 0 saturated carbocycles. The van der Waals surface area contributed by atoms with E-state index in [1.807, 2.05) is 26.8 Å². The minimum Gasteiger partial charge on any atom is -0.312 e. The van der Waals surface area contributed by atoms with E-state index in [9.17, 15) is 8.42 Å². The van der Waals surface area contributed by atoms with E-state index in [0.29, 0.717) is 4.21 Å². The Kier molecular flexibility index (Phi) is 5.98. The number of sulfonamides is 1. The van der Waals surface area contributed by atoms with Gasteiger partial charge in [-0.15, -0.1) is 11.3 Å². The van der Waals surface area contributed by atoms with Crippen LogP contribution in [0.1, 0.15) is 45.4 Å². The molecule has 0 aromatic carbocycles. The van der Waals surface area contributed by atoms with Gasteiger partial charge in [-0.25, -0.2) is 13.1 Å². The molecule has 0 radical (unpaired) electrons. The first kappa shape index (κ1) is 16.6. The molecule has 19 heavy (non-hydrogen) atoms. The van der Waals surface area contributed by atoms with Gasteiger partial charge in [0.15, 0.2) is 0 Å². The van der Waals surface area contributed by atoms with Crippen LogP contribution in [-0.2, 0) is 16.6 Å². The third-order valence-electron chi connectivity index (χ3n) is 2.74. The van der Waals surface area contributed by atoms with Gasteiger partial charge in [0.05, 0.1) is 0 Å². The van der Waals surface area contributed by atoms with E-state index in [0.717, 1.165) is 30.8 Å². The Balaban J connectivity index is 2.80. The van der Waals surface area contributed by atoms with Gasteiger partial charge in [0.25, 0.3) is 10.0 Å². The second-order valence-electron chi connectivity index (χ2n) is 5.24. The summed E-state index contributed by atoms with van der Waals surface area (Å²) in [6, 6.07) is 3.55. The topological polar surface area (TPSA) is 58.2 Å². The number of thiophene rings is 1. The molecule has 0 atom stereocenters. The molecular weight excluding hydrogens is 280 g/mol. The Morgan fingerprint density at radius 2 is 1.95 bits per heavy atom. The summed E-state index contributed by atoms with van der Waals surface area (Å²) in [5, 5.41) is 3.19. The van der Waals surface area contributed by atoms with Crippen molar-refractivity contribution in [3.63, 3.8) is 0 Å². The molecule has 0 aliphatic heterocycles. The number of nitrogens with one attached hydrogen (secondary N) is 2. The van der Waals surface area contributed by atoms with Crippen LogP contribution < -0.4 is 10.0 Å². The molecule has 0 aliphatic carbocycles. The van der Waals surface area contributed by atoms with E-state index in [1.54, 1.807) is 6.07 Å². The number of hydrogen-bond acceptors (Lipinski definition) is 4. The maximum atomic E-state index is 12.3. The molecule has 0 fully saturated rings. The summed E-state index contributed by atoms with van der Waals surface area (Å²) in [6.07, 6.45) is 1.77. The first-order valence-electron chi connectivity index (χ1n) is 6.64. The minimum atomic E-state index is -3.40. The zero-order chi connectivity index (χ0) is 14.5. The van der Waals surface area contributed by atoms with Crippen molar-refractivity contribution in [3.8, 4) is 0 Å². The van der Waals surface area contributed by atoms with Gasteiger partial charge in [-0.2, -0.15) is 0 Å². The summed E-state index contributed by atoms with van der Waals surface area (Å²) in [7, 11) is -3.40. The van der Waals surface area contributed by atoms with E-state index in [2.05, 4.69) is 17.0 Å². The van der Waals surface area contributed by atoms with Crippen LogP contribution in [0.15, 0.2) is 16.3 Å². The van der Waals surface area contributed by atoms with Crippen LogP contribution in [0.2, 0.25) is 0 Å². The van der Waals surface area contributed by atoms with Crippen molar-refractivity contribution in [1.29, 1.82) is 0 Å². The van der Waals surface area contributed by atoms with Gasteiger partial charge >= 0.3 is 0 Å². The smallest absolute Gasteiger partial charge is 0.250 e. The zero-order valence-electron chi connectivity index (χ0n) is 12.1. The van der Waals surface area contributed by atoms with Crippen LogP contribution in [0.3, 0.4) is 0 Å². The van der Waals surface area contributed by atoms with Gasteiger partial charge in [0.1, 0.15) is 4.21 Å². The second kappa shape index (κ2) is 6.83. The molecule has 1 heterocycles.